The number of nitrogens with one attached hydrogen (secondary N) is 1. The van der Waals surface area contributed by atoms with Gasteiger partial charge in [-0.15, -0.1) is 0 Å². The zero-order valence-corrected chi connectivity index (χ0v) is 11.9. The number of hydrogen-bond donors (Lipinski definition) is 2. The highest BCUT2D eigenvalue weighted by atomic mass is 32.1. The lowest BCUT2D eigenvalue weighted by atomic mass is 10.2. The normalized spacial score (nSPS) is 10.7. The number of aromatic nitrogens is 1. The molecule has 0 aliphatic rings. The van der Waals surface area contributed by atoms with Gasteiger partial charge in [-0.25, -0.2) is 4.98 Å². The second-order valence-corrected chi connectivity index (χ2v) is 5.45. The number of nitrogen functional groups attached to an aromatic ring is 1. The van der Waals surface area contributed by atoms with Crippen LogP contribution in [0.2, 0.25) is 0 Å². The molecule has 0 aliphatic heterocycles. The van der Waals surface area contributed by atoms with E-state index in [1.807, 2.05) is 36.4 Å². The van der Waals surface area contributed by atoms with Crippen LogP contribution in [0.5, 0.6) is 5.75 Å². The Kier molecular flexibility index (Phi) is 3.43. The Bertz CT molecular complexity index is 706. The van der Waals surface area contributed by atoms with Gasteiger partial charge in [0.25, 0.3) is 0 Å². The largest absolute Gasteiger partial charge is 0.495 e. The second-order valence-electron chi connectivity index (χ2n) is 4.42. The van der Waals surface area contributed by atoms with E-state index in [0.29, 0.717) is 18.0 Å². The number of nitrogens with two attached hydrogens (primary N) is 1. The Labute approximate surface area is 121 Å². The third kappa shape index (κ3) is 2.53. The van der Waals surface area contributed by atoms with Crippen molar-refractivity contribution in [1.29, 1.82) is 0 Å². The maximum atomic E-state index is 5.90. The molecule has 0 amide bonds. The van der Waals surface area contributed by atoms with Gasteiger partial charge in [0.1, 0.15) is 5.75 Å². The maximum Gasteiger partial charge on any atom is 0.184 e. The van der Waals surface area contributed by atoms with Crippen LogP contribution < -0.4 is 15.8 Å². The minimum atomic E-state index is 0.649. The fourth-order valence-electron chi connectivity index (χ4n) is 2.02. The summed E-state index contributed by atoms with van der Waals surface area (Å²) in [5.41, 5.74) is 8.67. The SMILES string of the molecule is COc1ccc(CNc2nc3ccccc3s2)cc1N. The summed E-state index contributed by atoms with van der Waals surface area (Å²) in [6.07, 6.45) is 0. The summed E-state index contributed by atoms with van der Waals surface area (Å²) in [6, 6.07) is 13.9. The monoisotopic (exact) mass is 285 g/mol. The van der Waals surface area contributed by atoms with Gasteiger partial charge in [0.05, 0.1) is 23.0 Å². The summed E-state index contributed by atoms with van der Waals surface area (Å²) in [5.74, 6) is 0.703. The Morgan fingerprint density at radius 2 is 2.10 bits per heavy atom. The van der Waals surface area contributed by atoms with Crippen molar-refractivity contribution in [2.75, 3.05) is 18.2 Å². The molecule has 0 radical (unpaired) electrons. The molecule has 3 aromatic rings. The first-order valence-electron chi connectivity index (χ1n) is 6.28. The Hall–Kier alpha value is -2.27. The number of benzene rings is 2. The average Bonchev–Trinajstić information content (AvgIpc) is 2.88. The molecular weight excluding hydrogens is 270 g/mol. The molecule has 0 unspecified atom stereocenters. The number of nitrogens with zero attached hydrogens (tertiary/aromatic N) is 1. The van der Waals surface area contributed by atoms with Crippen molar-refractivity contribution < 1.29 is 4.74 Å². The highest BCUT2D eigenvalue weighted by Crippen LogP contribution is 2.26. The molecule has 3 rings (SSSR count). The minimum Gasteiger partial charge on any atom is -0.495 e. The Morgan fingerprint density at radius 1 is 1.25 bits per heavy atom. The molecule has 1 aromatic heterocycles. The van der Waals surface area contributed by atoms with Crippen LogP contribution in [0.1, 0.15) is 5.56 Å². The lowest BCUT2D eigenvalue weighted by Crippen LogP contribution is -2.00. The van der Waals surface area contributed by atoms with Gasteiger partial charge in [-0.05, 0) is 29.8 Å². The molecule has 0 aliphatic carbocycles. The fourth-order valence-corrected chi connectivity index (χ4v) is 2.88. The van der Waals surface area contributed by atoms with E-state index in [9.17, 15) is 0 Å². The maximum absolute atomic E-state index is 5.90. The van der Waals surface area contributed by atoms with Gasteiger partial charge in [-0.1, -0.05) is 29.5 Å². The highest BCUT2D eigenvalue weighted by molar-refractivity contribution is 7.22. The smallest absolute Gasteiger partial charge is 0.184 e. The zero-order chi connectivity index (χ0) is 13.9. The van der Waals surface area contributed by atoms with Crippen molar-refractivity contribution in [2.24, 2.45) is 0 Å². The van der Waals surface area contributed by atoms with Crippen LogP contribution >= 0.6 is 11.3 Å². The van der Waals surface area contributed by atoms with Crippen molar-refractivity contribution in [1.82, 2.24) is 4.98 Å². The van der Waals surface area contributed by atoms with E-state index in [2.05, 4.69) is 16.4 Å². The summed E-state index contributed by atoms with van der Waals surface area (Å²) in [5, 5.41) is 4.24. The lowest BCUT2D eigenvalue weighted by molar-refractivity contribution is 0.417. The second kappa shape index (κ2) is 5.38. The number of fused-ring (bicyclic) bond motifs is 1. The molecule has 1 heterocycles. The van der Waals surface area contributed by atoms with Crippen molar-refractivity contribution in [3.8, 4) is 5.75 Å². The predicted molar refractivity (Wildman–Crippen MR) is 84.4 cm³/mol. The molecular formula is C15H15N3OS. The molecule has 102 valence electrons. The lowest BCUT2D eigenvalue weighted by Gasteiger charge is -2.07. The Morgan fingerprint density at radius 3 is 2.85 bits per heavy atom. The van der Waals surface area contributed by atoms with Crippen LogP contribution in [0.25, 0.3) is 10.2 Å². The highest BCUT2D eigenvalue weighted by Gasteiger charge is 2.04. The average molecular weight is 285 g/mol. The number of ether oxygens (including phenoxy) is 1. The molecule has 0 saturated heterocycles. The van der Waals surface area contributed by atoms with Crippen molar-refractivity contribution in [2.45, 2.75) is 6.54 Å². The van der Waals surface area contributed by atoms with Crippen LogP contribution in [-0.4, -0.2) is 12.1 Å². The first kappa shape index (κ1) is 12.7. The van der Waals surface area contributed by atoms with E-state index < -0.39 is 0 Å². The van der Waals surface area contributed by atoms with Crippen LogP contribution in [-0.2, 0) is 6.54 Å². The zero-order valence-electron chi connectivity index (χ0n) is 11.1. The van der Waals surface area contributed by atoms with E-state index in [1.54, 1.807) is 18.4 Å². The van der Waals surface area contributed by atoms with Crippen LogP contribution in [0.4, 0.5) is 10.8 Å². The number of thiazole rings is 1. The number of anilines is 2. The molecule has 0 saturated carbocycles. The van der Waals surface area contributed by atoms with Crippen LogP contribution in [0.15, 0.2) is 42.5 Å². The third-order valence-corrected chi connectivity index (χ3v) is 4.03. The number of para-hydroxylation sites is 1. The molecule has 5 heteroatoms. The third-order valence-electron chi connectivity index (χ3n) is 3.03. The van der Waals surface area contributed by atoms with E-state index in [4.69, 9.17) is 10.5 Å². The number of methoxy groups -OCH3 is 1. The number of hydrogen-bond acceptors (Lipinski definition) is 5. The summed E-state index contributed by atoms with van der Waals surface area (Å²) in [7, 11) is 1.62. The molecule has 0 atom stereocenters. The van der Waals surface area contributed by atoms with Crippen molar-refractivity contribution in [3.63, 3.8) is 0 Å². The van der Waals surface area contributed by atoms with Gasteiger partial charge in [-0.3, -0.25) is 0 Å². The topological polar surface area (TPSA) is 60.2 Å². The molecule has 2 aromatic carbocycles. The van der Waals surface area contributed by atoms with Gasteiger partial charge >= 0.3 is 0 Å². The van der Waals surface area contributed by atoms with Gasteiger partial charge in [0.2, 0.25) is 0 Å². The van der Waals surface area contributed by atoms with E-state index in [-0.39, 0.29) is 0 Å². The van der Waals surface area contributed by atoms with Crippen LogP contribution in [0, 0.1) is 0 Å². The molecule has 4 nitrogen and oxygen atoms in total. The molecule has 0 bridgehead atoms. The molecule has 0 spiro atoms. The predicted octanol–water partition coefficient (Wildman–Crippen LogP) is 3.50. The Balaban J connectivity index is 1.74. The number of rotatable bonds is 4. The fraction of sp³-hybridized carbons (Fsp3) is 0.133. The molecule has 0 fully saturated rings. The molecule has 20 heavy (non-hydrogen) atoms. The van der Waals surface area contributed by atoms with Crippen molar-refractivity contribution >= 4 is 32.4 Å². The van der Waals surface area contributed by atoms with Gasteiger partial charge in [0, 0.05) is 6.54 Å². The van der Waals surface area contributed by atoms with E-state index >= 15 is 0 Å². The summed E-state index contributed by atoms with van der Waals surface area (Å²) in [6.45, 7) is 0.689. The van der Waals surface area contributed by atoms with Crippen LogP contribution in [0.3, 0.4) is 0 Å². The van der Waals surface area contributed by atoms with Gasteiger partial charge in [0.15, 0.2) is 5.13 Å². The summed E-state index contributed by atoms with van der Waals surface area (Å²) < 4.78 is 6.33. The standard InChI is InChI=1S/C15H15N3OS/c1-19-13-7-6-10(8-11(13)16)9-17-15-18-12-4-2-3-5-14(12)20-15/h2-8H,9,16H2,1H3,(H,17,18). The molecule has 3 N–H and O–H groups in total. The summed E-state index contributed by atoms with van der Waals surface area (Å²) >= 11 is 1.65. The minimum absolute atomic E-state index is 0.649. The van der Waals surface area contributed by atoms with E-state index in [0.717, 1.165) is 16.2 Å². The van der Waals surface area contributed by atoms with Gasteiger partial charge < -0.3 is 15.8 Å². The summed E-state index contributed by atoms with van der Waals surface area (Å²) in [4.78, 5) is 4.54. The van der Waals surface area contributed by atoms with Gasteiger partial charge in [-0.2, -0.15) is 0 Å². The van der Waals surface area contributed by atoms with E-state index in [1.165, 1.54) is 4.70 Å². The quantitative estimate of drug-likeness (QED) is 0.720. The first-order valence-corrected chi connectivity index (χ1v) is 7.10. The van der Waals surface area contributed by atoms with Crippen molar-refractivity contribution in [3.05, 3.63) is 48.0 Å². The first-order chi connectivity index (χ1) is 9.76.